The first kappa shape index (κ1) is 53.6. The molecule has 384 valence electrons. The number of rotatable bonds is 17. The van der Waals surface area contributed by atoms with Gasteiger partial charge in [-0.1, -0.05) is 87.8 Å². The Kier molecular flexibility index (Phi) is 17.8. The molecule has 2 aliphatic rings. The van der Waals surface area contributed by atoms with Crippen LogP contribution in [0.5, 0.6) is 0 Å². The lowest BCUT2D eigenvalue weighted by molar-refractivity contribution is 0.0197. The Morgan fingerprint density at radius 2 is 1.28 bits per heavy atom. The summed E-state index contributed by atoms with van der Waals surface area (Å²) < 4.78 is 21.9. The molecule has 2 aliphatic heterocycles. The number of likely N-dealkylation sites (tertiary alicyclic amines) is 1. The maximum atomic E-state index is 13.1. The number of fused-ring (bicyclic) bond motifs is 2. The van der Waals surface area contributed by atoms with Gasteiger partial charge < -0.3 is 45.3 Å². The van der Waals surface area contributed by atoms with Gasteiger partial charge in [0.15, 0.2) is 11.3 Å². The standard InChI is InChI=1S/C35H57N5O5Si2.C18H21N5O/c1-35(2,3)45-34(42)38-16-10-11-29(23-38)31-21-32(39(25-43-17-19-46(4,5)6)26-44-18-20-47(7,8)9)40-33(37-31)30(22-36-40)28-14-12-27(24-41)13-15-28;19-17-8-16(14-2-1-7-20-9-14)22-18-15(10-21-23(17)18)13-5-3-12(11-24)4-6-13/h12-15,21-22,29,41H,10-11,16-20,23-26H2,1-9H3;3-6,8,10,14,20,24H,1-2,7,9,11,19H2. The van der Waals surface area contributed by atoms with Crippen LogP contribution in [0.3, 0.4) is 0 Å². The Hall–Kier alpha value is -5.22. The van der Waals surface area contributed by atoms with Crippen molar-refractivity contribution < 1.29 is 29.2 Å². The Balaban J connectivity index is 0.000000256. The SMILES string of the molecule is CC(C)(C)OC(=O)N1CCCC(c2cc(N(COCC[Si](C)(C)C)COCC[Si](C)(C)C)n3ncc(-c4ccc(CO)cc4)c3n2)C1.Nc1cc(C2CCCNC2)nc2c(-c3ccc(CO)cc3)cnn12. The van der Waals surface area contributed by atoms with E-state index in [0.29, 0.717) is 51.5 Å². The lowest BCUT2D eigenvalue weighted by Gasteiger charge is -2.34. The fourth-order valence-electron chi connectivity index (χ4n) is 8.69. The van der Waals surface area contributed by atoms with Gasteiger partial charge in [0.2, 0.25) is 0 Å². The summed E-state index contributed by atoms with van der Waals surface area (Å²) in [6, 6.07) is 21.8. The van der Waals surface area contributed by atoms with Gasteiger partial charge in [-0.3, -0.25) is 0 Å². The topological polar surface area (TPSA) is 190 Å². The molecular formula is C53H78N10O6Si2. The average Bonchev–Trinajstić information content (AvgIpc) is 3.98. The zero-order chi connectivity index (χ0) is 50.9. The predicted molar refractivity (Wildman–Crippen MR) is 288 cm³/mol. The number of nitrogens with one attached hydrogen (secondary N) is 1. The summed E-state index contributed by atoms with van der Waals surface area (Å²) in [5.41, 5.74) is 14.7. The molecule has 0 radical (unpaired) electrons. The highest BCUT2D eigenvalue weighted by molar-refractivity contribution is 6.76. The number of aromatic nitrogens is 6. The van der Waals surface area contributed by atoms with Crippen molar-refractivity contribution in [1.29, 1.82) is 0 Å². The molecule has 0 bridgehead atoms. The molecule has 71 heavy (non-hydrogen) atoms. The number of aliphatic hydroxyl groups excluding tert-OH is 2. The van der Waals surface area contributed by atoms with E-state index in [9.17, 15) is 15.0 Å². The van der Waals surface area contributed by atoms with Crippen molar-refractivity contribution in [1.82, 2.24) is 39.4 Å². The third-order valence-electron chi connectivity index (χ3n) is 12.9. The Bertz CT molecular complexity index is 2650. The second-order valence-corrected chi connectivity index (χ2v) is 33.7. The summed E-state index contributed by atoms with van der Waals surface area (Å²) in [7, 11) is -2.53. The van der Waals surface area contributed by atoms with Gasteiger partial charge >= 0.3 is 6.09 Å². The fourth-order valence-corrected chi connectivity index (χ4v) is 10.2. The number of carbonyl (C=O) groups excluding carboxylic acids is 1. The number of aliphatic hydroxyl groups is 2. The van der Waals surface area contributed by atoms with E-state index >= 15 is 0 Å². The minimum atomic E-state index is -1.26. The van der Waals surface area contributed by atoms with Crippen molar-refractivity contribution >= 4 is 45.2 Å². The zero-order valence-electron chi connectivity index (χ0n) is 43.6. The Morgan fingerprint density at radius 1 is 0.761 bits per heavy atom. The predicted octanol–water partition coefficient (Wildman–Crippen LogP) is 9.37. The highest BCUT2D eigenvalue weighted by Crippen LogP contribution is 2.34. The molecule has 4 aromatic heterocycles. The van der Waals surface area contributed by atoms with Crippen LogP contribution in [0, 0.1) is 0 Å². The summed E-state index contributed by atoms with van der Waals surface area (Å²) in [4.78, 5) is 27.1. The van der Waals surface area contributed by atoms with Crippen LogP contribution in [0.1, 0.15) is 80.8 Å². The van der Waals surface area contributed by atoms with Gasteiger partial charge in [-0.05, 0) is 87.3 Å². The average molecular weight is 1010 g/mol. The van der Waals surface area contributed by atoms with Crippen molar-refractivity contribution in [2.75, 3.05) is 63.5 Å². The van der Waals surface area contributed by atoms with Crippen LogP contribution in [0.25, 0.3) is 33.5 Å². The minimum absolute atomic E-state index is 0.0121. The molecule has 2 atom stereocenters. The third-order valence-corrected chi connectivity index (χ3v) is 16.3. The first-order valence-corrected chi connectivity index (χ1v) is 32.7. The molecule has 16 nitrogen and oxygen atoms in total. The summed E-state index contributed by atoms with van der Waals surface area (Å²) >= 11 is 0. The third kappa shape index (κ3) is 14.7. The summed E-state index contributed by atoms with van der Waals surface area (Å²) in [5, 5.41) is 31.5. The zero-order valence-corrected chi connectivity index (χ0v) is 45.6. The molecule has 0 saturated carbocycles. The number of piperidine rings is 2. The van der Waals surface area contributed by atoms with Crippen molar-refractivity contribution in [3.05, 3.63) is 95.6 Å². The van der Waals surface area contributed by atoms with Gasteiger partial charge in [0.1, 0.15) is 30.7 Å². The quantitative estimate of drug-likeness (QED) is 0.0385. The smallest absolute Gasteiger partial charge is 0.410 e. The number of anilines is 2. The minimum Gasteiger partial charge on any atom is -0.444 e. The first-order chi connectivity index (χ1) is 33.8. The fraction of sp³-hybridized carbons (Fsp3) is 0.528. The summed E-state index contributed by atoms with van der Waals surface area (Å²) in [6.45, 7) is 25.2. The van der Waals surface area contributed by atoms with E-state index in [0.717, 1.165) is 113 Å². The van der Waals surface area contributed by atoms with Crippen molar-refractivity contribution in [3.63, 3.8) is 0 Å². The van der Waals surface area contributed by atoms with Crippen LogP contribution in [0.4, 0.5) is 16.4 Å². The number of ether oxygens (including phenoxy) is 3. The molecule has 6 heterocycles. The van der Waals surface area contributed by atoms with Crippen LogP contribution in [-0.2, 0) is 27.4 Å². The highest BCUT2D eigenvalue weighted by atomic mass is 28.3. The molecular weight excluding hydrogens is 929 g/mol. The van der Waals surface area contributed by atoms with Gasteiger partial charge in [-0.15, -0.1) is 0 Å². The van der Waals surface area contributed by atoms with Crippen LogP contribution in [-0.4, -0.2) is 125 Å². The van der Waals surface area contributed by atoms with Gasteiger partial charge in [0.25, 0.3) is 0 Å². The number of amides is 1. The first-order valence-electron chi connectivity index (χ1n) is 25.3. The van der Waals surface area contributed by atoms with Crippen LogP contribution in [0.2, 0.25) is 51.4 Å². The molecule has 8 rings (SSSR count). The summed E-state index contributed by atoms with van der Waals surface area (Å²) in [5.74, 6) is 1.88. The monoisotopic (exact) mass is 1010 g/mol. The van der Waals surface area contributed by atoms with Crippen LogP contribution in [0.15, 0.2) is 73.1 Å². The molecule has 6 aromatic rings. The normalized spacial score (nSPS) is 16.8. The maximum absolute atomic E-state index is 13.1. The molecule has 0 aliphatic carbocycles. The highest BCUT2D eigenvalue weighted by Gasteiger charge is 2.31. The van der Waals surface area contributed by atoms with E-state index in [1.54, 1.807) is 10.7 Å². The molecule has 2 fully saturated rings. The number of hydrogen-bond donors (Lipinski definition) is 4. The van der Waals surface area contributed by atoms with Gasteiger partial charge in [0, 0.05) is 84.1 Å². The molecule has 1 amide bonds. The van der Waals surface area contributed by atoms with Crippen molar-refractivity contribution in [2.45, 2.75) is 128 Å². The Labute approximate surface area is 421 Å². The molecule has 18 heteroatoms. The van der Waals surface area contributed by atoms with E-state index < -0.39 is 21.7 Å². The van der Waals surface area contributed by atoms with E-state index in [-0.39, 0.29) is 25.2 Å². The molecule has 5 N–H and O–H groups in total. The van der Waals surface area contributed by atoms with E-state index in [4.69, 9.17) is 35.0 Å². The van der Waals surface area contributed by atoms with E-state index in [1.165, 1.54) is 0 Å². The van der Waals surface area contributed by atoms with Gasteiger partial charge in [0.05, 0.1) is 37.0 Å². The van der Waals surface area contributed by atoms with Gasteiger partial charge in [-0.25, -0.2) is 14.8 Å². The number of benzene rings is 2. The summed E-state index contributed by atoms with van der Waals surface area (Å²) in [6.07, 6.45) is 7.44. The number of carbonyl (C=O) groups is 1. The maximum Gasteiger partial charge on any atom is 0.410 e. The Morgan fingerprint density at radius 3 is 1.79 bits per heavy atom. The van der Waals surface area contributed by atoms with Crippen molar-refractivity contribution in [2.24, 2.45) is 0 Å². The number of nitrogen functional groups attached to an aromatic ring is 1. The molecule has 0 spiro atoms. The lowest BCUT2D eigenvalue weighted by Crippen LogP contribution is -2.42. The number of hydrogen-bond acceptors (Lipinski definition) is 13. The molecule has 2 aromatic carbocycles. The van der Waals surface area contributed by atoms with E-state index in [1.807, 2.05) is 91.0 Å². The second-order valence-electron chi connectivity index (χ2n) is 22.5. The van der Waals surface area contributed by atoms with Crippen LogP contribution >= 0.6 is 0 Å². The lowest BCUT2D eigenvalue weighted by atomic mass is 9.94. The van der Waals surface area contributed by atoms with Crippen LogP contribution < -0.4 is 16.0 Å². The molecule has 2 saturated heterocycles. The number of nitrogens with two attached hydrogens (primary N) is 1. The van der Waals surface area contributed by atoms with E-state index in [2.05, 4.69) is 60.7 Å². The second kappa shape index (κ2) is 23.6. The van der Waals surface area contributed by atoms with Crippen molar-refractivity contribution in [3.8, 4) is 22.3 Å². The van der Waals surface area contributed by atoms with Gasteiger partial charge in [-0.2, -0.15) is 19.2 Å². The largest absolute Gasteiger partial charge is 0.444 e. The molecule has 2 unspecified atom stereocenters. The number of nitrogens with zero attached hydrogens (tertiary/aromatic N) is 8.